The van der Waals surface area contributed by atoms with Crippen molar-refractivity contribution in [2.75, 3.05) is 26.4 Å². The Morgan fingerprint density at radius 2 is 2.06 bits per heavy atom. The summed E-state index contributed by atoms with van der Waals surface area (Å²) in [6, 6.07) is 3.26. The molecule has 96 valence electrons. The van der Waals surface area contributed by atoms with Gasteiger partial charge >= 0.3 is 0 Å². The minimum absolute atomic E-state index is 0.252. The molecular formula is C13H20FNOS. The van der Waals surface area contributed by atoms with Gasteiger partial charge in [-0.2, -0.15) is 0 Å². The van der Waals surface area contributed by atoms with Gasteiger partial charge in [-0.3, -0.25) is 0 Å². The average Bonchev–Trinajstić information content (AvgIpc) is 2.22. The molecule has 1 unspecified atom stereocenters. The van der Waals surface area contributed by atoms with Crippen LogP contribution < -0.4 is 0 Å². The van der Waals surface area contributed by atoms with Crippen LogP contribution in [0.25, 0.3) is 0 Å². The van der Waals surface area contributed by atoms with Gasteiger partial charge in [-0.25, -0.2) is 4.39 Å². The number of halogens is 1. The maximum atomic E-state index is 13.4. The number of aliphatic hydroxyl groups is 1. The third-order valence-electron chi connectivity index (χ3n) is 2.54. The third-order valence-corrected chi connectivity index (χ3v) is 3.59. The molecule has 0 aliphatic heterocycles. The summed E-state index contributed by atoms with van der Waals surface area (Å²) in [5.74, 6) is 0.676. The van der Waals surface area contributed by atoms with E-state index in [2.05, 4.69) is 4.90 Å². The maximum Gasteiger partial charge on any atom is 0.126 e. The van der Waals surface area contributed by atoms with Crippen molar-refractivity contribution in [2.24, 2.45) is 0 Å². The Hall–Kier alpha value is -0.580. The zero-order valence-corrected chi connectivity index (χ0v) is 11.6. The van der Waals surface area contributed by atoms with Crippen LogP contribution in [0.1, 0.15) is 24.2 Å². The van der Waals surface area contributed by atoms with Crippen molar-refractivity contribution < 1.29 is 9.50 Å². The molecule has 2 nitrogen and oxygen atoms in total. The van der Waals surface area contributed by atoms with E-state index in [1.165, 1.54) is 6.07 Å². The molecule has 1 rings (SSSR count). The van der Waals surface area contributed by atoms with Gasteiger partial charge in [-0.15, -0.1) is 11.8 Å². The molecule has 17 heavy (non-hydrogen) atoms. The fourth-order valence-corrected chi connectivity index (χ4v) is 2.79. The molecule has 0 radical (unpaired) electrons. The van der Waals surface area contributed by atoms with Gasteiger partial charge < -0.3 is 10.0 Å². The van der Waals surface area contributed by atoms with Crippen LogP contribution >= 0.6 is 11.8 Å². The summed E-state index contributed by atoms with van der Waals surface area (Å²) >= 11 is 1.66. The van der Waals surface area contributed by atoms with E-state index in [0.717, 1.165) is 17.2 Å². The Balaban J connectivity index is 2.85. The summed E-state index contributed by atoms with van der Waals surface area (Å²) < 4.78 is 13.4. The van der Waals surface area contributed by atoms with Crippen LogP contribution in [0.4, 0.5) is 4.39 Å². The summed E-state index contributed by atoms with van der Waals surface area (Å²) in [5, 5.41) is 9.64. The van der Waals surface area contributed by atoms with Crippen LogP contribution in [0.5, 0.6) is 0 Å². The van der Waals surface area contributed by atoms with Crippen molar-refractivity contribution in [1.29, 1.82) is 0 Å². The molecular weight excluding hydrogens is 237 g/mol. The molecule has 0 fully saturated rings. The van der Waals surface area contributed by atoms with Crippen LogP contribution in [0.2, 0.25) is 0 Å². The lowest BCUT2D eigenvalue weighted by atomic mass is 10.1. The van der Waals surface area contributed by atoms with Crippen molar-refractivity contribution in [3.05, 3.63) is 29.1 Å². The zero-order valence-electron chi connectivity index (χ0n) is 10.8. The second-order valence-corrected chi connectivity index (χ2v) is 5.60. The SMILES string of the molecule is Cc1cc(SCCN(C)C)c(C(C)O)cc1F. The number of nitrogens with zero attached hydrogens (tertiary/aromatic N) is 1. The van der Waals surface area contributed by atoms with E-state index in [1.807, 2.05) is 20.2 Å². The second kappa shape index (κ2) is 6.38. The lowest BCUT2D eigenvalue weighted by Gasteiger charge is -2.14. The van der Waals surface area contributed by atoms with Crippen molar-refractivity contribution in [1.82, 2.24) is 4.90 Å². The molecule has 0 heterocycles. The van der Waals surface area contributed by atoms with E-state index in [4.69, 9.17) is 0 Å². The minimum Gasteiger partial charge on any atom is -0.389 e. The lowest BCUT2D eigenvalue weighted by molar-refractivity contribution is 0.196. The molecule has 0 aromatic heterocycles. The van der Waals surface area contributed by atoms with Crippen molar-refractivity contribution in [3.63, 3.8) is 0 Å². The van der Waals surface area contributed by atoms with Gasteiger partial charge in [0.2, 0.25) is 0 Å². The number of benzene rings is 1. The van der Waals surface area contributed by atoms with Crippen LogP contribution in [0, 0.1) is 12.7 Å². The third kappa shape index (κ3) is 4.30. The molecule has 0 aliphatic carbocycles. The van der Waals surface area contributed by atoms with Crippen LogP contribution in [-0.2, 0) is 0 Å². The zero-order chi connectivity index (χ0) is 13.0. The van der Waals surface area contributed by atoms with E-state index in [9.17, 15) is 9.50 Å². The number of aliphatic hydroxyl groups excluding tert-OH is 1. The van der Waals surface area contributed by atoms with Gasteiger partial charge in [0, 0.05) is 17.2 Å². The van der Waals surface area contributed by atoms with Gasteiger partial charge in [0.15, 0.2) is 0 Å². The van der Waals surface area contributed by atoms with E-state index >= 15 is 0 Å². The Kier molecular flexibility index (Phi) is 5.43. The van der Waals surface area contributed by atoms with Crippen LogP contribution in [-0.4, -0.2) is 36.4 Å². The Morgan fingerprint density at radius 3 is 2.59 bits per heavy atom. The Labute approximate surface area is 107 Å². The highest BCUT2D eigenvalue weighted by Crippen LogP contribution is 2.29. The standard InChI is InChI=1S/C13H20FNOS/c1-9-7-13(17-6-5-15(3)4)11(10(2)16)8-12(9)14/h7-8,10,16H,5-6H2,1-4H3. The number of aryl methyl sites for hydroxylation is 1. The summed E-state index contributed by atoms with van der Waals surface area (Å²) in [5.41, 5.74) is 1.30. The Morgan fingerprint density at radius 1 is 1.41 bits per heavy atom. The summed E-state index contributed by atoms with van der Waals surface area (Å²) in [6.45, 7) is 4.37. The van der Waals surface area contributed by atoms with E-state index < -0.39 is 6.10 Å². The van der Waals surface area contributed by atoms with Crippen LogP contribution in [0.3, 0.4) is 0 Å². The molecule has 1 atom stereocenters. The van der Waals surface area contributed by atoms with E-state index in [0.29, 0.717) is 11.1 Å². The van der Waals surface area contributed by atoms with Crippen LogP contribution in [0.15, 0.2) is 17.0 Å². The quantitative estimate of drug-likeness (QED) is 0.821. The topological polar surface area (TPSA) is 23.5 Å². The van der Waals surface area contributed by atoms with Crippen molar-refractivity contribution >= 4 is 11.8 Å². The highest BCUT2D eigenvalue weighted by Gasteiger charge is 2.12. The summed E-state index contributed by atoms with van der Waals surface area (Å²) in [6.07, 6.45) is -0.632. The largest absolute Gasteiger partial charge is 0.389 e. The van der Waals surface area contributed by atoms with Gasteiger partial charge in [0.05, 0.1) is 6.10 Å². The molecule has 1 aromatic rings. The predicted octanol–water partition coefficient (Wildman–Crippen LogP) is 2.84. The number of hydrogen-bond donors (Lipinski definition) is 1. The first-order valence-corrected chi connectivity index (χ1v) is 6.66. The molecule has 0 saturated heterocycles. The first-order chi connectivity index (χ1) is 7.91. The predicted molar refractivity (Wildman–Crippen MR) is 71.0 cm³/mol. The van der Waals surface area contributed by atoms with Crippen molar-refractivity contribution in [2.45, 2.75) is 24.8 Å². The molecule has 0 aliphatic rings. The molecule has 0 bridgehead atoms. The lowest BCUT2D eigenvalue weighted by Crippen LogP contribution is -2.14. The fourth-order valence-electron chi connectivity index (χ4n) is 1.46. The van der Waals surface area contributed by atoms with Crippen molar-refractivity contribution in [3.8, 4) is 0 Å². The second-order valence-electron chi connectivity index (χ2n) is 4.47. The number of rotatable bonds is 5. The van der Waals surface area contributed by atoms with Gasteiger partial charge in [0.25, 0.3) is 0 Å². The Bertz CT molecular complexity index is 380. The smallest absolute Gasteiger partial charge is 0.126 e. The van der Waals surface area contributed by atoms with E-state index in [-0.39, 0.29) is 5.82 Å². The van der Waals surface area contributed by atoms with Gasteiger partial charge in [0.1, 0.15) is 5.82 Å². The first-order valence-electron chi connectivity index (χ1n) is 5.67. The maximum absolute atomic E-state index is 13.4. The molecule has 4 heteroatoms. The first kappa shape index (κ1) is 14.5. The van der Waals surface area contributed by atoms with Gasteiger partial charge in [-0.05, 0) is 51.2 Å². The fraction of sp³-hybridized carbons (Fsp3) is 0.538. The molecule has 0 spiro atoms. The molecule has 1 aromatic carbocycles. The minimum atomic E-state index is -0.632. The average molecular weight is 257 g/mol. The normalized spacial score (nSPS) is 13.1. The number of hydrogen-bond acceptors (Lipinski definition) is 3. The molecule has 0 amide bonds. The monoisotopic (exact) mass is 257 g/mol. The van der Waals surface area contributed by atoms with E-state index in [1.54, 1.807) is 25.6 Å². The summed E-state index contributed by atoms with van der Waals surface area (Å²) in [7, 11) is 4.04. The molecule has 0 saturated carbocycles. The molecule has 1 N–H and O–H groups in total. The number of thioether (sulfide) groups is 1. The highest BCUT2D eigenvalue weighted by atomic mass is 32.2. The highest BCUT2D eigenvalue weighted by molar-refractivity contribution is 7.99. The summed E-state index contributed by atoms with van der Waals surface area (Å²) in [4.78, 5) is 3.08. The van der Waals surface area contributed by atoms with Gasteiger partial charge in [-0.1, -0.05) is 0 Å².